The quantitative estimate of drug-likeness (QED) is 0.604. The Balaban J connectivity index is 2.24. The summed E-state index contributed by atoms with van der Waals surface area (Å²) in [6, 6.07) is 0. The van der Waals surface area contributed by atoms with Crippen molar-refractivity contribution in [1.29, 1.82) is 0 Å². The molecule has 2 fully saturated rings. The summed E-state index contributed by atoms with van der Waals surface area (Å²) >= 11 is 0. The van der Waals surface area contributed by atoms with Crippen LogP contribution in [0.5, 0.6) is 0 Å². The van der Waals surface area contributed by atoms with Crippen LogP contribution in [-0.2, 0) is 14.3 Å². The van der Waals surface area contributed by atoms with Crippen molar-refractivity contribution in [2.75, 3.05) is 6.61 Å². The van der Waals surface area contributed by atoms with Gasteiger partial charge < -0.3 is 9.47 Å². The van der Waals surface area contributed by atoms with Crippen LogP contribution >= 0.6 is 0 Å². The molecule has 0 aromatic carbocycles. The maximum Gasteiger partial charge on any atom is 0.312 e. The van der Waals surface area contributed by atoms with Gasteiger partial charge in [0, 0.05) is 12.8 Å². The highest BCUT2D eigenvalue weighted by Crippen LogP contribution is 2.48. The van der Waals surface area contributed by atoms with Crippen LogP contribution in [0.2, 0.25) is 0 Å². The Morgan fingerprint density at radius 3 is 2.71 bits per heavy atom. The fraction of sp³-hybridized carbons (Fsp3) is 0.909. The first kappa shape index (κ1) is 9.97. The minimum Gasteiger partial charge on any atom is -0.456 e. The van der Waals surface area contributed by atoms with E-state index in [4.69, 9.17) is 9.47 Å². The van der Waals surface area contributed by atoms with Crippen molar-refractivity contribution in [3.63, 3.8) is 0 Å². The van der Waals surface area contributed by atoms with Gasteiger partial charge in [0.1, 0.15) is 5.60 Å². The monoisotopic (exact) mass is 198 g/mol. The zero-order chi connectivity index (χ0) is 10.4. The Kier molecular flexibility index (Phi) is 2.11. The Labute approximate surface area is 84.8 Å². The first-order valence-corrected chi connectivity index (χ1v) is 5.37. The fourth-order valence-electron chi connectivity index (χ4n) is 2.48. The molecule has 3 atom stereocenters. The minimum atomic E-state index is -0.318. The lowest BCUT2D eigenvalue weighted by molar-refractivity contribution is -0.156. The van der Waals surface area contributed by atoms with Gasteiger partial charge >= 0.3 is 5.97 Å². The Morgan fingerprint density at radius 1 is 1.57 bits per heavy atom. The molecule has 0 radical (unpaired) electrons. The standard InChI is InChI=1S/C11H18O3/c1-4-10(3)7-11(14-9(10)12)5-6-13-8(11)2/h8H,4-7H2,1-3H3. The predicted molar refractivity (Wildman–Crippen MR) is 51.9 cm³/mol. The maximum absolute atomic E-state index is 11.8. The molecule has 2 heterocycles. The Hall–Kier alpha value is -0.570. The summed E-state index contributed by atoms with van der Waals surface area (Å²) < 4.78 is 11.1. The van der Waals surface area contributed by atoms with Gasteiger partial charge in [-0.3, -0.25) is 4.79 Å². The zero-order valence-corrected chi connectivity index (χ0v) is 9.13. The van der Waals surface area contributed by atoms with Crippen LogP contribution in [0, 0.1) is 5.41 Å². The summed E-state index contributed by atoms with van der Waals surface area (Å²) in [5.74, 6) is -0.0441. The van der Waals surface area contributed by atoms with Crippen molar-refractivity contribution < 1.29 is 14.3 Å². The number of carbonyl (C=O) groups excluding carboxylic acids is 1. The molecule has 0 aromatic rings. The third-order valence-electron chi connectivity index (χ3n) is 3.89. The number of carbonyl (C=O) groups is 1. The largest absolute Gasteiger partial charge is 0.456 e. The van der Waals surface area contributed by atoms with Crippen LogP contribution in [-0.4, -0.2) is 24.3 Å². The molecule has 3 nitrogen and oxygen atoms in total. The topological polar surface area (TPSA) is 35.5 Å². The molecule has 0 N–H and O–H groups in total. The van der Waals surface area contributed by atoms with Crippen molar-refractivity contribution in [3.8, 4) is 0 Å². The smallest absolute Gasteiger partial charge is 0.312 e. The van der Waals surface area contributed by atoms with Gasteiger partial charge in [0.2, 0.25) is 0 Å². The lowest BCUT2D eigenvalue weighted by atomic mass is 9.78. The zero-order valence-electron chi connectivity index (χ0n) is 9.13. The molecule has 0 bridgehead atoms. The van der Waals surface area contributed by atoms with Gasteiger partial charge in [-0.2, -0.15) is 0 Å². The average molecular weight is 198 g/mol. The number of rotatable bonds is 1. The second kappa shape index (κ2) is 2.96. The molecule has 0 amide bonds. The van der Waals surface area contributed by atoms with Gasteiger partial charge in [-0.1, -0.05) is 6.92 Å². The molecule has 3 heteroatoms. The first-order valence-electron chi connectivity index (χ1n) is 5.37. The first-order chi connectivity index (χ1) is 6.52. The van der Waals surface area contributed by atoms with E-state index in [-0.39, 0.29) is 23.1 Å². The van der Waals surface area contributed by atoms with E-state index < -0.39 is 0 Å². The molecule has 2 rings (SSSR count). The highest BCUT2D eigenvalue weighted by molar-refractivity contribution is 5.79. The third kappa shape index (κ3) is 1.18. The van der Waals surface area contributed by atoms with Crippen LogP contribution < -0.4 is 0 Å². The van der Waals surface area contributed by atoms with Crippen molar-refractivity contribution in [1.82, 2.24) is 0 Å². The van der Waals surface area contributed by atoms with E-state index in [0.29, 0.717) is 6.61 Å². The second-order valence-corrected chi connectivity index (χ2v) is 4.81. The molecule has 0 aromatic heterocycles. The van der Waals surface area contributed by atoms with Crippen LogP contribution in [0.15, 0.2) is 0 Å². The van der Waals surface area contributed by atoms with E-state index in [9.17, 15) is 4.79 Å². The summed E-state index contributed by atoms with van der Waals surface area (Å²) in [5.41, 5.74) is -0.607. The summed E-state index contributed by atoms with van der Waals surface area (Å²) in [7, 11) is 0. The summed E-state index contributed by atoms with van der Waals surface area (Å²) in [5, 5.41) is 0. The molecule has 14 heavy (non-hydrogen) atoms. The second-order valence-electron chi connectivity index (χ2n) is 4.81. The van der Waals surface area contributed by atoms with Gasteiger partial charge in [-0.25, -0.2) is 0 Å². The van der Waals surface area contributed by atoms with Crippen molar-refractivity contribution in [2.24, 2.45) is 5.41 Å². The highest BCUT2D eigenvalue weighted by Gasteiger charge is 2.57. The van der Waals surface area contributed by atoms with E-state index in [2.05, 4.69) is 0 Å². The highest BCUT2D eigenvalue weighted by atomic mass is 16.6. The Bertz CT molecular complexity index is 263. The lowest BCUT2D eigenvalue weighted by Gasteiger charge is -2.26. The molecular formula is C11H18O3. The fourth-order valence-corrected chi connectivity index (χ4v) is 2.48. The molecule has 80 valence electrons. The normalized spacial score (nSPS) is 47.4. The average Bonchev–Trinajstić information content (AvgIpc) is 2.59. The maximum atomic E-state index is 11.8. The SMILES string of the molecule is CCC1(C)CC2(CCOC2C)OC1=O. The third-order valence-corrected chi connectivity index (χ3v) is 3.89. The Morgan fingerprint density at radius 2 is 2.29 bits per heavy atom. The van der Waals surface area contributed by atoms with E-state index in [1.807, 2.05) is 20.8 Å². The van der Waals surface area contributed by atoms with Gasteiger partial charge in [-0.15, -0.1) is 0 Å². The molecule has 2 saturated heterocycles. The molecule has 1 spiro atoms. The van der Waals surface area contributed by atoms with Gasteiger partial charge in [0.25, 0.3) is 0 Å². The van der Waals surface area contributed by atoms with Gasteiger partial charge in [0.15, 0.2) is 0 Å². The molecule has 2 aliphatic heterocycles. The van der Waals surface area contributed by atoms with Crippen LogP contribution in [0.3, 0.4) is 0 Å². The van der Waals surface area contributed by atoms with Crippen molar-refractivity contribution in [2.45, 2.75) is 51.7 Å². The molecule has 0 saturated carbocycles. The predicted octanol–water partition coefficient (Wildman–Crippen LogP) is 1.90. The minimum absolute atomic E-state index is 0.0441. The van der Waals surface area contributed by atoms with Gasteiger partial charge in [0.05, 0.1) is 18.1 Å². The van der Waals surface area contributed by atoms with Gasteiger partial charge in [-0.05, 0) is 20.3 Å². The van der Waals surface area contributed by atoms with Crippen molar-refractivity contribution in [3.05, 3.63) is 0 Å². The van der Waals surface area contributed by atoms with Crippen LogP contribution in [0.25, 0.3) is 0 Å². The number of esters is 1. The van der Waals surface area contributed by atoms with E-state index in [0.717, 1.165) is 19.3 Å². The molecular weight excluding hydrogens is 180 g/mol. The van der Waals surface area contributed by atoms with Crippen LogP contribution in [0.1, 0.15) is 40.0 Å². The van der Waals surface area contributed by atoms with E-state index in [1.165, 1.54) is 0 Å². The molecule has 2 aliphatic rings. The summed E-state index contributed by atoms with van der Waals surface area (Å²) in [6.07, 6.45) is 2.58. The lowest BCUT2D eigenvalue weighted by Crippen LogP contribution is -2.36. The van der Waals surface area contributed by atoms with E-state index in [1.54, 1.807) is 0 Å². The van der Waals surface area contributed by atoms with Crippen LogP contribution in [0.4, 0.5) is 0 Å². The van der Waals surface area contributed by atoms with E-state index >= 15 is 0 Å². The molecule has 0 aliphatic carbocycles. The number of ether oxygens (including phenoxy) is 2. The number of hydrogen-bond acceptors (Lipinski definition) is 3. The number of hydrogen-bond donors (Lipinski definition) is 0. The summed E-state index contributed by atoms with van der Waals surface area (Å²) in [4.78, 5) is 11.8. The molecule has 3 unspecified atom stereocenters. The van der Waals surface area contributed by atoms with Crippen molar-refractivity contribution >= 4 is 5.97 Å². The summed E-state index contributed by atoms with van der Waals surface area (Å²) in [6.45, 7) is 6.76.